The number of benzene rings is 2. The molecule has 0 unspecified atom stereocenters. The van der Waals surface area contributed by atoms with Crippen LogP contribution in [-0.2, 0) is 6.54 Å². The molecular weight excluding hydrogens is 544 g/mol. The molecule has 0 bridgehead atoms. The predicted octanol–water partition coefficient (Wildman–Crippen LogP) is 1.35. The number of aromatic nitrogens is 3. The number of carboxylic acid groups (broad SMARTS) is 1. The Labute approximate surface area is 236 Å². The summed E-state index contributed by atoms with van der Waals surface area (Å²) in [4.78, 5) is 64.8. The number of nitrogens with one attached hydrogen (secondary N) is 3. The Morgan fingerprint density at radius 1 is 0.976 bits per heavy atom. The van der Waals surface area contributed by atoms with Crippen LogP contribution in [0.15, 0.2) is 70.3 Å². The Kier molecular flexibility index (Phi) is 7.10. The summed E-state index contributed by atoms with van der Waals surface area (Å²) in [6.45, 7) is 1.80. The van der Waals surface area contributed by atoms with Crippen LogP contribution in [0.4, 0.5) is 22.9 Å². The molecule has 0 aliphatic rings. The Balaban J connectivity index is 1.32. The lowest BCUT2D eigenvalue weighted by molar-refractivity contribution is 0.0696. The van der Waals surface area contributed by atoms with Crippen molar-refractivity contribution in [2.45, 2.75) is 19.5 Å². The third-order valence-electron chi connectivity index (χ3n) is 6.51. The molecule has 5 rings (SSSR count). The molecule has 0 spiro atoms. The molecule has 0 fully saturated rings. The average Bonchev–Trinajstić information content (AvgIpc) is 3.37. The van der Waals surface area contributed by atoms with Gasteiger partial charge in [-0.05, 0) is 42.3 Å². The molecule has 14 nitrogen and oxygen atoms in total. The average molecular weight is 569 g/mol. The third kappa shape index (κ3) is 5.36. The second-order valence-electron chi connectivity index (χ2n) is 9.44. The molecule has 3 aromatic carbocycles. The van der Waals surface area contributed by atoms with Crippen molar-refractivity contribution in [3.8, 4) is 0 Å². The third-order valence-corrected chi connectivity index (χ3v) is 6.51. The predicted molar refractivity (Wildman–Crippen MR) is 153 cm³/mol. The van der Waals surface area contributed by atoms with Gasteiger partial charge in [-0.2, -0.15) is 0 Å². The lowest BCUT2D eigenvalue weighted by Gasteiger charge is -2.15. The zero-order valence-corrected chi connectivity index (χ0v) is 22.0. The Morgan fingerprint density at radius 3 is 2.40 bits per heavy atom. The summed E-state index contributed by atoms with van der Waals surface area (Å²) in [5, 5.41) is 21.6. The highest BCUT2D eigenvalue weighted by atomic mass is 16.4. The number of carbonyl (C=O) groups is 3. The fourth-order valence-corrected chi connectivity index (χ4v) is 4.25. The Hall–Kier alpha value is -6.05. The van der Waals surface area contributed by atoms with Gasteiger partial charge in [0.1, 0.15) is 28.6 Å². The van der Waals surface area contributed by atoms with Crippen molar-refractivity contribution in [1.82, 2.24) is 25.2 Å². The van der Waals surface area contributed by atoms with Crippen LogP contribution >= 0.6 is 0 Å². The number of amides is 2. The summed E-state index contributed by atoms with van der Waals surface area (Å²) >= 11 is 0. The van der Waals surface area contributed by atoms with Gasteiger partial charge in [-0.25, -0.2) is 14.3 Å². The van der Waals surface area contributed by atoms with Crippen molar-refractivity contribution >= 4 is 46.3 Å². The molecule has 8 N–H and O–H groups in total. The fourth-order valence-electron chi connectivity index (χ4n) is 4.25. The lowest BCUT2D eigenvalue weighted by atomic mass is 10.1. The van der Waals surface area contributed by atoms with Gasteiger partial charge in [-0.15, -0.1) is 5.10 Å². The number of aromatic carboxylic acids is 1. The standard InChI is InChI=1S/C28H24N8O6/c1-13(15-5-7-16(8-6-15)28(41)42)32-27(40)19-10-18(34-21-11-20(29)35-36(19)21)26(39)31-12-14-3-2-4-17(9-14)33-23-22(30)24(37)25(23)38/h2-11,13,33H,12,30H2,1H3,(H2,29,35)(H,31,39)(H,32,40)(H,41,42)/t13-/m1/s1. The molecule has 14 heteroatoms. The maximum absolute atomic E-state index is 13.3. The minimum absolute atomic E-state index is 0.00706. The van der Waals surface area contributed by atoms with E-state index in [1.807, 2.05) is 0 Å². The van der Waals surface area contributed by atoms with Gasteiger partial charge >= 0.3 is 5.97 Å². The topological polar surface area (TPSA) is 224 Å². The molecule has 0 radical (unpaired) electrons. The van der Waals surface area contributed by atoms with E-state index in [-0.39, 0.29) is 46.3 Å². The fraction of sp³-hybridized carbons (Fsp3) is 0.107. The monoisotopic (exact) mass is 568 g/mol. The molecule has 0 aliphatic heterocycles. The molecule has 2 aromatic heterocycles. The van der Waals surface area contributed by atoms with Gasteiger partial charge in [0.2, 0.25) is 0 Å². The number of carbonyl (C=O) groups excluding carboxylic acids is 2. The van der Waals surface area contributed by atoms with Crippen LogP contribution in [0.5, 0.6) is 0 Å². The van der Waals surface area contributed by atoms with E-state index < -0.39 is 34.7 Å². The second-order valence-corrected chi connectivity index (χ2v) is 9.44. The van der Waals surface area contributed by atoms with Gasteiger partial charge in [0.25, 0.3) is 22.7 Å². The maximum atomic E-state index is 13.3. The van der Waals surface area contributed by atoms with Crippen molar-refractivity contribution in [3.05, 3.63) is 109 Å². The first-order chi connectivity index (χ1) is 20.0. The summed E-state index contributed by atoms with van der Waals surface area (Å²) in [5.41, 5.74) is 11.9. The number of hydrogen-bond acceptors (Lipinski definition) is 10. The zero-order valence-electron chi connectivity index (χ0n) is 22.0. The van der Waals surface area contributed by atoms with Crippen molar-refractivity contribution in [1.29, 1.82) is 0 Å². The maximum Gasteiger partial charge on any atom is 0.335 e. The van der Waals surface area contributed by atoms with Gasteiger partial charge < -0.3 is 32.5 Å². The number of anilines is 4. The van der Waals surface area contributed by atoms with Crippen molar-refractivity contribution in [3.63, 3.8) is 0 Å². The smallest absolute Gasteiger partial charge is 0.335 e. The highest BCUT2D eigenvalue weighted by Gasteiger charge is 2.21. The minimum atomic E-state index is -1.06. The van der Waals surface area contributed by atoms with E-state index in [9.17, 15) is 24.0 Å². The number of nitrogen functional groups attached to an aromatic ring is 2. The molecular formula is C28H24N8O6. The number of hydrogen-bond donors (Lipinski definition) is 6. The van der Waals surface area contributed by atoms with Crippen LogP contribution in [0.25, 0.3) is 5.65 Å². The van der Waals surface area contributed by atoms with E-state index in [0.29, 0.717) is 16.8 Å². The number of fused-ring (bicyclic) bond motifs is 1. The summed E-state index contributed by atoms with van der Waals surface area (Å²) in [6.07, 6.45) is 0. The van der Waals surface area contributed by atoms with Gasteiger partial charge in [-0.3, -0.25) is 19.2 Å². The van der Waals surface area contributed by atoms with Crippen molar-refractivity contribution in [2.75, 3.05) is 16.8 Å². The van der Waals surface area contributed by atoms with Crippen molar-refractivity contribution < 1.29 is 19.5 Å². The first-order valence-corrected chi connectivity index (χ1v) is 12.5. The van der Waals surface area contributed by atoms with Gasteiger partial charge in [0.15, 0.2) is 5.65 Å². The molecule has 212 valence electrons. The van der Waals surface area contributed by atoms with Crippen LogP contribution in [-0.4, -0.2) is 37.5 Å². The SMILES string of the molecule is C[C@@H](NC(=O)c1cc(C(=O)NCc2cccc(Nc3c(N)c(=O)c3=O)c2)nc2cc(N)nn12)c1ccc(C(=O)O)cc1. The molecule has 5 aromatic rings. The highest BCUT2D eigenvalue weighted by molar-refractivity contribution is 5.98. The summed E-state index contributed by atoms with van der Waals surface area (Å²) in [7, 11) is 0. The molecule has 0 saturated carbocycles. The molecule has 42 heavy (non-hydrogen) atoms. The van der Waals surface area contributed by atoms with Gasteiger partial charge in [0.05, 0.1) is 11.6 Å². The van der Waals surface area contributed by atoms with E-state index in [1.165, 1.54) is 28.8 Å². The molecule has 1 atom stereocenters. The number of carboxylic acids is 1. The number of nitrogens with zero attached hydrogens (tertiary/aromatic N) is 3. The quantitative estimate of drug-likeness (QED) is 0.139. The van der Waals surface area contributed by atoms with E-state index in [1.54, 1.807) is 43.3 Å². The van der Waals surface area contributed by atoms with Crippen LogP contribution in [0.3, 0.4) is 0 Å². The number of nitrogens with two attached hydrogens (primary N) is 2. The Morgan fingerprint density at radius 2 is 1.71 bits per heavy atom. The molecule has 0 aliphatic carbocycles. The van der Waals surface area contributed by atoms with E-state index >= 15 is 0 Å². The minimum Gasteiger partial charge on any atom is -0.478 e. The van der Waals surface area contributed by atoms with Crippen LogP contribution in [0.1, 0.15) is 55.4 Å². The summed E-state index contributed by atoms with van der Waals surface area (Å²) in [6, 6.07) is 15.1. The van der Waals surface area contributed by atoms with E-state index in [0.717, 1.165) is 0 Å². The first-order valence-electron chi connectivity index (χ1n) is 12.5. The van der Waals surface area contributed by atoms with Crippen molar-refractivity contribution in [2.24, 2.45) is 0 Å². The lowest BCUT2D eigenvalue weighted by Crippen LogP contribution is -2.36. The van der Waals surface area contributed by atoms with Crippen LogP contribution < -0.4 is 38.3 Å². The van der Waals surface area contributed by atoms with Gasteiger partial charge in [0, 0.05) is 24.4 Å². The highest BCUT2D eigenvalue weighted by Crippen LogP contribution is 2.20. The van der Waals surface area contributed by atoms with Crippen LogP contribution in [0.2, 0.25) is 0 Å². The zero-order chi connectivity index (χ0) is 30.1. The van der Waals surface area contributed by atoms with Crippen LogP contribution in [0, 0.1) is 0 Å². The first kappa shape index (κ1) is 27.5. The second kappa shape index (κ2) is 10.8. The molecule has 0 saturated heterocycles. The van der Waals surface area contributed by atoms with E-state index in [4.69, 9.17) is 16.6 Å². The van der Waals surface area contributed by atoms with E-state index in [2.05, 4.69) is 26.0 Å². The molecule has 2 heterocycles. The molecule has 2 amide bonds. The Bertz CT molecular complexity index is 1940. The summed E-state index contributed by atoms with van der Waals surface area (Å²) < 4.78 is 1.23. The largest absolute Gasteiger partial charge is 0.478 e. The van der Waals surface area contributed by atoms with Gasteiger partial charge in [-0.1, -0.05) is 24.3 Å². The number of rotatable bonds is 9. The normalized spacial score (nSPS) is 11.7. The summed E-state index contributed by atoms with van der Waals surface area (Å²) in [5.74, 6) is -2.10.